The molecule has 1 aliphatic rings. The van der Waals surface area contributed by atoms with Crippen molar-refractivity contribution in [3.63, 3.8) is 0 Å². The van der Waals surface area contributed by atoms with Crippen molar-refractivity contribution in [2.24, 2.45) is 4.99 Å². The van der Waals surface area contributed by atoms with Crippen LogP contribution in [0.5, 0.6) is 0 Å². The van der Waals surface area contributed by atoms with Gasteiger partial charge in [0.1, 0.15) is 0 Å². The average Bonchev–Trinajstić information content (AvgIpc) is 3.35. The number of hydrogen-bond donors (Lipinski definition) is 0. The van der Waals surface area contributed by atoms with E-state index in [0.717, 1.165) is 78.7 Å². The van der Waals surface area contributed by atoms with E-state index in [0.29, 0.717) is 22.9 Å². The summed E-state index contributed by atoms with van der Waals surface area (Å²) < 4.78 is 0. The van der Waals surface area contributed by atoms with Crippen molar-refractivity contribution < 1.29 is 0 Å². The van der Waals surface area contributed by atoms with E-state index < -0.39 is 0 Å². The number of nitrogens with zero attached hydrogens (tertiary/aromatic N) is 6. The molecule has 1 aliphatic heterocycles. The molecule has 0 bridgehead atoms. The molecule has 288 valence electrons. The molecule has 4 aromatic heterocycles. The summed E-state index contributed by atoms with van der Waals surface area (Å²) in [5.74, 6) is 0.333. The highest BCUT2D eigenvalue weighted by atomic mass is 14.9. The van der Waals surface area contributed by atoms with Gasteiger partial charge in [0.2, 0.25) is 0 Å². The molecule has 1 unspecified atom stereocenters. The number of allylic oxidation sites excluding steroid dienone is 2. The molecule has 5 aromatic carbocycles. The van der Waals surface area contributed by atoms with Crippen LogP contribution in [-0.2, 0) is 0 Å². The van der Waals surface area contributed by atoms with Crippen molar-refractivity contribution in [3.05, 3.63) is 241 Å². The molecule has 0 saturated carbocycles. The molecule has 0 fully saturated rings. The van der Waals surface area contributed by atoms with Crippen LogP contribution >= 0.6 is 0 Å². The fraction of sp³-hybridized carbons (Fsp3) is 0.0182. The van der Waals surface area contributed by atoms with Crippen molar-refractivity contribution >= 4 is 11.4 Å². The maximum absolute atomic E-state index is 5.35. The standard InChI is InChI=1S/C55H38N6/c1-37-45(35-48(39-21-9-3-10-22-39)59-53(37)42-27-15-6-16-28-42)46-30-17-31-47(57-46)51-33-43(38-19-7-2-8-20-38)34-52(58-51)54-44(29-18-32-56-54)55-60-49(40-23-11-4-12-24-40)36-50(61-55)41-25-13-5-14-26-41/h2-36,45H,1H2. The fourth-order valence-corrected chi connectivity index (χ4v) is 7.73. The van der Waals surface area contributed by atoms with Gasteiger partial charge in [-0.2, -0.15) is 0 Å². The number of benzene rings is 5. The Balaban J connectivity index is 1.11. The summed E-state index contributed by atoms with van der Waals surface area (Å²) in [6, 6.07) is 67.5. The first-order valence-corrected chi connectivity index (χ1v) is 20.3. The third-order valence-electron chi connectivity index (χ3n) is 10.8. The second kappa shape index (κ2) is 16.6. The van der Waals surface area contributed by atoms with E-state index in [9.17, 15) is 0 Å². The van der Waals surface area contributed by atoms with Crippen molar-refractivity contribution in [1.29, 1.82) is 0 Å². The van der Waals surface area contributed by atoms with Gasteiger partial charge in [-0.3, -0.25) is 9.97 Å². The van der Waals surface area contributed by atoms with Crippen LogP contribution in [0, 0.1) is 0 Å². The number of rotatable bonds is 9. The second-order valence-corrected chi connectivity index (χ2v) is 14.8. The highest BCUT2D eigenvalue weighted by molar-refractivity contribution is 6.16. The Bertz CT molecular complexity index is 3020. The Morgan fingerprint density at radius 3 is 1.57 bits per heavy atom. The molecular weight excluding hydrogens is 745 g/mol. The van der Waals surface area contributed by atoms with Gasteiger partial charge in [-0.1, -0.05) is 164 Å². The summed E-state index contributed by atoms with van der Waals surface area (Å²) in [5.41, 5.74) is 14.8. The van der Waals surface area contributed by atoms with Gasteiger partial charge in [-0.25, -0.2) is 19.9 Å². The lowest BCUT2D eigenvalue weighted by Gasteiger charge is -2.24. The Morgan fingerprint density at radius 1 is 0.393 bits per heavy atom. The maximum Gasteiger partial charge on any atom is 0.162 e. The van der Waals surface area contributed by atoms with Crippen molar-refractivity contribution in [2.45, 2.75) is 5.92 Å². The SMILES string of the molecule is C=C1C(c2ccccc2)=NC(c2ccccc2)=CC1c1cccc(-c2cc(-c3ccccc3)cc(-c3ncccc3-c3nc(-c4ccccc4)cc(-c4ccccc4)n3)n2)n1. The minimum atomic E-state index is -0.227. The fourth-order valence-electron chi connectivity index (χ4n) is 7.73. The molecule has 9 aromatic rings. The van der Waals surface area contributed by atoms with E-state index in [1.807, 2.05) is 121 Å². The topological polar surface area (TPSA) is 76.8 Å². The molecule has 0 amide bonds. The summed E-state index contributed by atoms with van der Waals surface area (Å²) in [6.07, 6.45) is 3.97. The highest BCUT2D eigenvalue weighted by Crippen LogP contribution is 2.38. The van der Waals surface area contributed by atoms with Crippen LogP contribution in [0.4, 0.5) is 0 Å². The molecule has 0 spiro atoms. The van der Waals surface area contributed by atoms with Gasteiger partial charge in [0.25, 0.3) is 0 Å². The third kappa shape index (κ3) is 7.74. The van der Waals surface area contributed by atoms with Gasteiger partial charge < -0.3 is 0 Å². The molecule has 6 nitrogen and oxygen atoms in total. The Hall–Kier alpha value is -8.22. The molecule has 0 aliphatic carbocycles. The second-order valence-electron chi connectivity index (χ2n) is 14.8. The lowest BCUT2D eigenvalue weighted by Crippen LogP contribution is -2.16. The van der Waals surface area contributed by atoms with Crippen LogP contribution in [0.2, 0.25) is 0 Å². The van der Waals surface area contributed by atoms with Crippen LogP contribution in [0.1, 0.15) is 22.7 Å². The molecule has 1 atom stereocenters. The third-order valence-corrected chi connectivity index (χ3v) is 10.8. The number of pyridine rings is 3. The first-order chi connectivity index (χ1) is 30.1. The van der Waals surface area contributed by atoms with Gasteiger partial charge >= 0.3 is 0 Å². The number of aromatic nitrogens is 5. The smallest absolute Gasteiger partial charge is 0.162 e. The van der Waals surface area contributed by atoms with Crippen LogP contribution in [0.25, 0.3) is 73.5 Å². The maximum atomic E-state index is 5.35. The zero-order chi connectivity index (χ0) is 41.0. The largest absolute Gasteiger partial charge is 0.254 e. The lowest BCUT2D eigenvalue weighted by atomic mass is 9.85. The molecule has 5 heterocycles. The first kappa shape index (κ1) is 37.1. The van der Waals surface area contributed by atoms with E-state index in [1.165, 1.54) is 0 Å². The molecule has 6 heteroatoms. The molecule has 0 N–H and O–H groups in total. The summed E-state index contributed by atoms with van der Waals surface area (Å²) >= 11 is 0. The monoisotopic (exact) mass is 782 g/mol. The Labute approximate surface area is 355 Å². The molecule has 61 heavy (non-hydrogen) atoms. The molecule has 10 rings (SSSR count). The molecule has 0 saturated heterocycles. The summed E-state index contributed by atoms with van der Waals surface area (Å²) in [7, 11) is 0. The van der Waals surface area contributed by atoms with E-state index in [4.69, 9.17) is 29.9 Å². The average molecular weight is 783 g/mol. The highest BCUT2D eigenvalue weighted by Gasteiger charge is 2.26. The zero-order valence-corrected chi connectivity index (χ0v) is 33.2. The van der Waals surface area contributed by atoms with Crippen molar-refractivity contribution in [1.82, 2.24) is 24.9 Å². The van der Waals surface area contributed by atoms with Crippen LogP contribution in [0.15, 0.2) is 230 Å². The predicted molar refractivity (Wildman–Crippen MR) is 247 cm³/mol. The molecular formula is C55H38N6. The summed E-state index contributed by atoms with van der Waals surface area (Å²) in [5, 5.41) is 0. The first-order valence-electron chi connectivity index (χ1n) is 20.3. The van der Waals surface area contributed by atoms with E-state index in [2.05, 4.69) is 91.5 Å². The minimum absolute atomic E-state index is 0.227. The van der Waals surface area contributed by atoms with E-state index >= 15 is 0 Å². The Morgan fingerprint density at radius 2 is 0.951 bits per heavy atom. The Kier molecular flexibility index (Phi) is 10.1. The lowest BCUT2D eigenvalue weighted by molar-refractivity contribution is 0.960. The number of aliphatic imine (C=N–C) groups is 1. The van der Waals surface area contributed by atoms with Gasteiger partial charge in [0.15, 0.2) is 5.82 Å². The van der Waals surface area contributed by atoms with Crippen LogP contribution < -0.4 is 0 Å². The summed E-state index contributed by atoms with van der Waals surface area (Å²) in [6.45, 7) is 4.61. The van der Waals surface area contributed by atoms with Crippen molar-refractivity contribution in [2.75, 3.05) is 0 Å². The quantitative estimate of drug-likeness (QED) is 0.146. The van der Waals surface area contributed by atoms with Gasteiger partial charge in [0.05, 0.1) is 51.3 Å². The van der Waals surface area contributed by atoms with E-state index in [1.54, 1.807) is 6.20 Å². The van der Waals surface area contributed by atoms with Crippen molar-refractivity contribution in [3.8, 4) is 67.8 Å². The van der Waals surface area contributed by atoms with Crippen LogP contribution in [-0.4, -0.2) is 30.6 Å². The van der Waals surface area contributed by atoms with Gasteiger partial charge in [-0.15, -0.1) is 0 Å². The van der Waals surface area contributed by atoms with Gasteiger partial charge in [0, 0.05) is 34.4 Å². The minimum Gasteiger partial charge on any atom is -0.254 e. The number of hydrogen-bond acceptors (Lipinski definition) is 6. The predicted octanol–water partition coefficient (Wildman–Crippen LogP) is 12.8. The zero-order valence-electron chi connectivity index (χ0n) is 33.2. The summed E-state index contributed by atoms with van der Waals surface area (Å²) in [4.78, 5) is 31.1. The van der Waals surface area contributed by atoms with Gasteiger partial charge in [-0.05, 0) is 70.8 Å². The normalized spacial score (nSPS) is 13.6. The van der Waals surface area contributed by atoms with Crippen LogP contribution in [0.3, 0.4) is 0 Å². The molecule has 0 radical (unpaired) electrons. The van der Waals surface area contributed by atoms with E-state index in [-0.39, 0.29) is 5.92 Å².